The van der Waals surface area contributed by atoms with E-state index in [0.717, 1.165) is 30.9 Å². The first-order chi connectivity index (χ1) is 14.0. The summed E-state index contributed by atoms with van der Waals surface area (Å²) in [5.41, 5.74) is 1.85. The van der Waals surface area contributed by atoms with Crippen LogP contribution >= 0.6 is 0 Å². The minimum Gasteiger partial charge on any atom is -0.352 e. The molecule has 0 saturated carbocycles. The second-order valence-corrected chi connectivity index (χ2v) is 7.54. The van der Waals surface area contributed by atoms with Crippen LogP contribution < -0.4 is 5.32 Å². The number of benzene rings is 2. The molecule has 1 unspecified atom stereocenters. The van der Waals surface area contributed by atoms with Crippen LogP contribution in [0.5, 0.6) is 0 Å². The van der Waals surface area contributed by atoms with Gasteiger partial charge in [-0.1, -0.05) is 31.2 Å². The number of halogens is 2. The van der Waals surface area contributed by atoms with Gasteiger partial charge in [-0.3, -0.25) is 9.59 Å². The highest BCUT2D eigenvalue weighted by atomic mass is 19.2. The summed E-state index contributed by atoms with van der Waals surface area (Å²) in [6.45, 7) is 3.89. The van der Waals surface area contributed by atoms with Crippen molar-refractivity contribution in [3.63, 3.8) is 0 Å². The summed E-state index contributed by atoms with van der Waals surface area (Å²) in [5.74, 6) is -1.81. The quantitative estimate of drug-likeness (QED) is 0.770. The smallest absolute Gasteiger partial charge is 0.251 e. The number of rotatable bonds is 7. The van der Waals surface area contributed by atoms with Gasteiger partial charge < -0.3 is 10.2 Å². The van der Waals surface area contributed by atoms with Crippen LogP contribution in [0.15, 0.2) is 42.5 Å². The van der Waals surface area contributed by atoms with Crippen molar-refractivity contribution in [2.45, 2.75) is 32.6 Å². The van der Waals surface area contributed by atoms with Gasteiger partial charge >= 0.3 is 0 Å². The highest BCUT2D eigenvalue weighted by molar-refractivity contribution is 5.94. The fourth-order valence-corrected chi connectivity index (χ4v) is 3.65. The van der Waals surface area contributed by atoms with Gasteiger partial charge in [0.15, 0.2) is 11.6 Å². The maximum atomic E-state index is 13.8. The third-order valence-electron chi connectivity index (χ3n) is 5.29. The van der Waals surface area contributed by atoms with E-state index in [9.17, 15) is 18.4 Å². The molecule has 1 atom stereocenters. The molecule has 29 heavy (non-hydrogen) atoms. The Kier molecular flexibility index (Phi) is 6.96. The molecule has 3 rings (SSSR count). The molecule has 0 aliphatic carbocycles. The molecule has 2 amide bonds. The second-order valence-electron chi connectivity index (χ2n) is 7.54. The Morgan fingerprint density at radius 2 is 1.90 bits per heavy atom. The lowest BCUT2D eigenvalue weighted by Gasteiger charge is -2.17. The lowest BCUT2D eigenvalue weighted by molar-refractivity contribution is -0.129. The largest absolute Gasteiger partial charge is 0.352 e. The molecule has 1 heterocycles. The lowest BCUT2D eigenvalue weighted by Crippen LogP contribution is -2.30. The number of amides is 2. The van der Waals surface area contributed by atoms with E-state index < -0.39 is 11.6 Å². The number of hydrogen-bond donors (Lipinski definition) is 1. The van der Waals surface area contributed by atoms with Crippen LogP contribution in [-0.2, 0) is 17.6 Å². The summed E-state index contributed by atoms with van der Waals surface area (Å²) in [4.78, 5) is 26.2. The van der Waals surface area contributed by atoms with Gasteiger partial charge in [-0.25, -0.2) is 8.78 Å². The summed E-state index contributed by atoms with van der Waals surface area (Å²) in [7, 11) is 0. The number of hydrogen-bond acceptors (Lipinski definition) is 2. The first-order valence-electron chi connectivity index (χ1n) is 10.1. The van der Waals surface area contributed by atoms with Gasteiger partial charge in [0.2, 0.25) is 5.91 Å². The molecule has 6 heteroatoms. The van der Waals surface area contributed by atoms with E-state index >= 15 is 0 Å². The number of carbonyl (C=O) groups excluding carboxylic acids is 2. The molecular formula is C23H26F2N2O2. The predicted molar refractivity (Wildman–Crippen MR) is 108 cm³/mol. The zero-order valence-electron chi connectivity index (χ0n) is 16.6. The molecule has 2 aromatic rings. The monoisotopic (exact) mass is 400 g/mol. The van der Waals surface area contributed by atoms with E-state index in [0.29, 0.717) is 31.1 Å². The molecule has 1 saturated heterocycles. The van der Waals surface area contributed by atoms with Crippen LogP contribution in [0.4, 0.5) is 8.78 Å². The van der Waals surface area contributed by atoms with Crippen LogP contribution in [0.2, 0.25) is 0 Å². The highest BCUT2D eigenvalue weighted by Crippen LogP contribution is 2.22. The highest BCUT2D eigenvalue weighted by Gasteiger charge is 2.27. The molecule has 0 spiro atoms. The first kappa shape index (κ1) is 21.0. The van der Waals surface area contributed by atoms with Crippen LogP contribution in [0, 0.1) is 17.6 Å². The molecular weight excluding hydrogens is 374 g/mol. The van der Waals surface area contributed by atoms with Crippen LogP contribution in [0.3, 0.4) is 0 Å². The lowest BCUT2D eigenvalue weighted by atomic mass is 9.98. The Morgan fingerprint density at radius 3 is 2.62 bits per heavy atom. The van der Waals surface area contributed by atoms with Crippen molar-refractivity contribution in [2.24, 2.45) is 5.92 Å². The Balaban J connectivity index is 1.52. The summed E-state index contributed by atoms with van der Waals surface area (Å²) in [5, 5.41) is 2.85. The van der Waals surface area contributed by atoms with Gasteiger partial charge in [0.1, 0.15) is 0 Å². The van der Waals surface area contributed by atoms with Crippen molar-refractivity contribution in [1.82, 2.24) is 10.2 Å². The average molecular weight is 400 g/mol. The summed E-state index contributed by atoms with van der Waals surface area (Å²) < 4.78 is 27.1. The van der Waals surface area contributed by atoms with E-state index in [1.807, 2.05) is 31.2 Å². The van der Waals surface area contributed by atoms with Gasteiger partial charge in [0, 0.05) is 30.8 Å². The topological polar surface area (TPSA) is 49.4 Å². The van der Waals surface area contributed by atoms with E-state index in [1.54, 1.807) is 4.90 Å². The standard InChI is InChI=1S/C23H26F2N2O2/c1-2-11-26-23(29)18-8-6-16(7-9-18)13-17-10-12-27(15-17)21(28)14-19-4-3-5-20(24)22(19)25/h3-9,17H,2,10-15H2,1H3,(H,26,29). The molecule has 0 bridgehead atoms. The molecule has 4 nitrogen and oxygen atoms in total. The van der Waals surface area contributed by atoms with E-state index in [-0.39, 0.29) is 23.8 Å². The van der Waals surface area contributed by atoms with Crippen molar-refractivity contribution in [3.05, 3.63) is 70.8 Å². The molecule has 1 aliphatic heterocycles. The average Bonchev–Trinajstić information content (AvgIpc) is 3.19. The number of nitrogens with one attached hydrogen (secondary N) is 1. The molecule has 2 aromatic carbocycles. The molecule has 1 fully saturated rings. The molecule has 154 valence electrons. The van der Waals surface area contributed by atoms with Crippen molar-refractivity contribution in [3.8, 4) is 0 Å². The van der Waals surface area contributed by atoms with Gasteiger partial charge in [-0.15, -0.1) is 0 Å². The second kappa shape index (κ2) is 9.63. The fraction of sp³-hybridized carbons (Fsp3) is 0.391. The minimum atomic E-state index is -0.945. The Morgan fingerprint density at radius 1 is 1.14 bits per heavy atom. The molecule has 1 N–H and O–H groups in total. The Hall–Kier alpha value is -2.76. The van der Waals surface area contributed by atoms with Crippen molar-refractivity contribution in [1.29, 1.82) is 0 Å². The van der Waals surface area contributed by atoms with Crippen LogP contribution in [0.25, 0.3) is 0 Å². The number of nitrogens with zero attached hydrogens (tertiary/aromatic N) is 1. The SMILES string of the molecule is CCCNC(=O)c1ccc(CC2CCN(C(=O)Cc3cccc(F)c3F)C2)cc1. The summed E-state index contributed by atoms with van der Waals surface area (Å²) in [6, 6.07) is 11.5. The molecule has 0 aromatic heterocycles. The number of likely N-dealkylation sites (tertiary alicyclic amines) is 1. The molecule has 0 radical (unpaired) electrons. The zero-order valence-corrected chi connectivity index (χ0v) is 16.6. The van der Waals surface area contributed by atoms with Crippen molar-refractivity contribution < 1.29 is 18.4 Å². The van der Waals surface area contributed by atoms with Gasteiger partial charge in [0.25, 0.3) is 5.91 Å². The zero-order chi connectivity index (χ0) is 20.8. The third-order valence-corrected chi connectivity index (χ3v) is 5.29. The fourth-order valence-electron chi connectivity index (χ4n) is 3.65. The minimum absolute atomic E-state index is 0.0689. The number of carbonyl (C=O) groups is 2. The maximum Gasteiger partial charge on any atom is 0.251 e. The summed E-state index contributed by atoms with van der Waals surface area (Å²) in [6.07, 6.45) is 2.45. The van der Waals surface area contributed by atoms with Gasteiger partial charge in [-0.05, 0) is 48.9 Å². The van der Waals surface area contributed by atoms with Gasteiger partial charge in [0.05, 0.1) is 6.42 Å². The van der Waals surface area contributed by atoms with Gasteiger partial charge in [-0.2, -0.15) is 0 Å². The van der Waals surface area contributed by atoms with E-state index in [1.165, 1.54) is 12.1 Å². The van der Waals surface area contributed by atoms with Crippen molar-refractivity contribution >= 4 is 11.8 Å². The van der Waals surface area contributed by atoms with Crippen LogP contribution in [0.1, 0.15) is 41.3 Å². The Bertz CT molecular complexity index is 868. The Labute approximate surface area is 169 Å². The maximum absolute atomic E-state index is 13.8. The van der Waals surface area contributed by atoms with Crippen molar-refractivity contribution in [2.75, 3.05) is 19.6 Å². The predicted octanol–water partition coefficient (Wildman–Crippen LogP) is 3.74. The third kappa shape index (κ3) is 5.40. The van der Waals surface area contributed by atoms with E-state index in [4.69, 9.17) is 0 Å². The van der Waals surface area contributed by atoms with E-state index in [2.05, 4.69) is 5.32 Å². The first-order valence-corrected chi connectivity index (χ1v) is 10.1. The normalized spacial score (nSPS) is 16.1. The summed E-state index contributed by atoms with van der Waals surface area (Å²) >= 11 is 0. The van der Waals surface area contributed by atoms with Crippen LogP contribution in [-0.4, -0.2) is 36.3 Å². The molecule has 1 aliphatic rings.